The summed E-state index contributed by atoms with van der Waals surface area (Å²) in [6, 6.07) is 22.4. The first-order valence-electron chi connectivity index (χ1n) is 8.46. The van der Waals surface area contributed by atoms with Gasteiger partial charge < -0.3 is 15.2 Å². The van der Waals surface area contributed by atoms with Crippen molar-refractivity contribution in [2.45, 2.75) is 5.92 Å². The quantitative estimate of drug-likeness (QED) is 0.499. The summed E-state index contributed by atoms with van der Waals surface area (Å²) in [5.41, 5.74) is 11.2. The number of hydrogen-bond acceptors (Lipinski definition) is 3. The average Bonchev–Trinajstić information content (AvgIpc) is 2.70. The SMILES string of the molecule is C=Cc1cc(C(c2ccc(OC)cc2)c2ccc(OC)cc2)ccc1N. The van der Waals surface area contributed by atoms with Crippen LogP contribution in [0, 0.1) is 0 Å². The first kappa shape index (κ1) is 17.6. The van der Waals surface area contributed by atoms with E-state index in [0.717, 1.165) is 28.3 Å². The van der Waals surface area contributed by atoms with Crippen LogP contribution in [0.2, 0.25) is 0 Å². The van der Waals surface area contributed by atoms with Gasteiger partial charge in [0, 0.05) is 11.6 Å². The Morgan fingerprint density at radius 2 is 1.23 bits per heavy atom. The first-order chi connectivity index (χ1) is 12.7. The van der Waals surface area contributed by atoms with E-state index in [1.807, 2.05) is 30.3 Å². The number of ether oxygens (including phenoxy) is 2. The number of hydrogen-bond donors (Lipinski definition) is 1. The molecule has 0 fully saturated rings. The maximum atomic E-state index is 6.05. The Labute approximate surface area is 154 Å². The average molecular weight is 345 g/mol. The molecule has 3 rings (SSSR count). The van der Waals surface area contributed by atoms with Crippen LogP contribution in [0.15, 0.2) is 73.3 Å². The Morgan fingerprint density at radius 3 is 1.65 bits per heavy atom. The molecule has 3 heteroatoms. The molecule has 0 unspecified atom stereocenters. The lowest BCUT2D eigenvalue weighted by Gasteiger charge is -2.20. The van der Waals surface area contributed by atoms with Crippen LogP contribution in [0.5, 0.6) is 11.5 Å². The third-order valence-corrected chi connectivity index (χ3v) is 4.56. The lowest BCUT2D eigenvalue weighted by molar-refractivity contribution is 0.414. The molecule has 0 saturated heterocycles. The molecule has 26 heavy (non-hydrogen) atoms. The topological polar surface area (TPSA) is 44.5 Å². The number of rotatable bonds is 6. The molecule has 3 nitrogen and oxygen atoms in total. The predicted octanol–water partition coefficient (Wildman–Crippen LogP) is 5.11. The summed E-state index contributed by atoms with van der Waals surface area (Å²) in [4.78, 5) is 0. The molecule has 0 aliphatic heterocycles. The molecule has 0 bridgehead atoms. The number of nitrogen functional groups attached to an aromatic ring is 1. The van der Waals surface area contributed by atoms with Crippen molar-refractivity contribution in [3.05, 3.63) is 95.6 Å². The van der Waals surface area contributed by atoms with Crippen molar-refractivity contribution in [2.75, 3.05) is 20.0 Å². The molecule has 3 aromatic carbocycles. The third kappa shape index (κ3) is 3.57. The van der Waals surface area contributed by atoms with Gasteiger partial charge in [-0.25, -0.2) is 0 Å². The summed E-state index contributed by atoms with van der Waals surface area (Å²) >= 11 is 0. The van der Waals surface area contributed by atoms with Crippen LogP contribution in [0.1, 0.15) is 28.2 Å². The van der Waals surface area contributed by atoms with E-state index in [0.29, 0.717) is 0 Å². The van der Waals surface area contributed by atoms with Gasteiger partial charge in [0.25, 0.3) is 0 Å². The van der Waals surface area contributed by atoms with Crippen LogP contribution in [0.3, 0.4) is 0 Å². The summed E-state index contributed by atoms with van der Waals surface area (Å²) in [7, 11) is 3.35. The number of benzene rings is 3. The molecular formula is C23H23NO2. The second-order valence-electron chi connectivity index (χ2n) is 6.07. The van der Waals surface area contributed by atoms with Gasteiger partial charge in [-0.3, -0.25) is 0 Å². The highest BCUT2D eigenvalue weighted by atomic mass is 16.5. The fraction of sp³-hybridized carbons (Fsp3) is 0.130. The lowest BCUT2D eigenvalue weighted by Crippen LogP contribution is -2.05. The van der Waals surface area contributed by atoms with Gasteiger partial charge in [0.2, 0.25) is 0 Å². The van der Waals surface area contributed by atoms with Crippen molar-refractivity contribution in [1.29, 1.82) is 0 Å². The normalized spacial score (nSPS) is 10.6. The predicted molar refractivity (Wildman–Crippen MR) is 108 cm³/mol. The largest absolute Gasteiger partial charge is 0.497 e. The number of anilines is 1. The minimum absolute atomic E-state index is 0.0751. The minimum Gasteiger partial charge on any atom is -0.497 e. The van der Waals surface area contributed by atoms with Crippen molar-refractivity contribution in [1.82, 2.24) is 0 Å². The molecule has 0 spiro atoms. The van der Waals surface area contributed by atoms with E-state index in [1.54, 1.807) is 20.3 Å². The molecule has 2 N–H and O–H groups in total. The van der Waals surface area contributed by atoms with Gasteiger partial charge >= 0.3 is 0 Å². The fourth-order valence-electron chi connectivity index (χ4n) is 3.12. The number of nitrogens with two attached hydrogens (primary N) is 1. The van der Waals surface area contributed by atoms with Crippen molar-refractivity contribution >= 4 is 11.8 Å². The smallest absolute Gasteiger partial charge is 0.118 e. The van der Waals surface area contributed by atoms with Gasteiger partial charge in [0.15, 0.2) is 0 Å². The molecule has 0 aromatic heterocycles. The Hall–Kier alpha value is -3.20. The van der Waals surface area contributed by atoms with E-state index in [9.17, 15) is 0 Å². The van der Waals surface area contributed by atoms with E-state index >= 15 is 0 Å². The maximum absolute atomic E-state index is 6.05. The van der Waals surface area contributed by atoms with Crippen molar-refractivity contribution in [3.8, 4) is 11.5 Å². The molecule has 0 heterocycles. The fourth-order valence-corrected chi connectivity index (χ4v) is 3.12. The van der Waals surface area contributed by atoms with E-state index in [4.69, 9.17) is 15.2 Å². The third-order valence-electron chi connectivity index (χ3n) is 4.56. The van der Waals surface area contributed by atoms with Gasteiger partial charge in [-0.05, 0) is 58.7 Å². The van der Waals surface area contributed by atoms with Gasteiger partial charge in [-0.15, -0.1) is 0 Å². The molecule has 0 aliphatic carbocycles. The van der Waals surface area contributed by atoms with E-state index < -0.39 is 0 Å². The summed E-state index contributed by atoms with van der Waals surface area (Å²) in [6.07, 6.45) is 1.79. The number of methoxy groups -OCH3 is 2. The lowest BCUT2D eigenvalue weighted by atomic mass is 9.84. The van der Waals surface area contributed by atoms with E-state index in [-0.39, 0.29) is 5.92 Å². The Morgan fingerprint density at radius 1 is 0.769 bits per heavy atom. The Kier molecular flexibility index (Phi) is 5.28. The van der Waals surface area contributed by atoms with Gasteiger partial charge in [0.1, 0.15) is 11.5 Å². The maximum Gasteiger partial charge on any atom is 0.118 e. The summed E-state index contributed by atoms with van der Waals surface area (Å²) in [5.74, 6) is 1.75. The first-order valence-corrected chi connectivity index (χ1v) is 8.46. The summed E-state index contributed by atoms with van der Waals surface area (Å²) < 4.78 is 10.6. The molecule has 0 atom stereocenters. The van der Waals surface area contributed by atoms with Crippen molar-refractivity contribution < 1.29 is 9.47 Å². The zero-order chi connectivity index (χ0) is 18.5. The molecule has 3 aromatic rings. The molecule has 0 amide bonds. The van der Waals surface area contributed by atoms with Crippen molar-refractivity contribution in [3.63, 3.8) is 0 Å². The zero-order valence-electron chi connectivity index (χ0n) is 15.1. The Bertz CT molecular complexity index is 836. The summed E-state index contributed by atoms with van der Waals surface area (Å²) in [5, 5.41) is 0. The summed E-state index contributed by atoms with van der Waals surface area (Å²) in [6.45, 7) is 3.87. The highest BCUT2D eigenvalue weighted by molar-refractivity contribution is 5.65. The second kappa shape index (κ2) is 7.79. The standard InChI is InChI=1S/C23H23NO2/c1-4-16-15-19(9-14-22(16)24)23(17-5-10-20(25-2)11-6-17)18-7-12-21(26-3)13-8-18/h4-15,23H,1,24H2,2-3H3. The highest BCUT2D eigenvalue weighted by Gasteiger charge is 2.18. The van der Waals surface area contributed by atoms with Gasteiger partial charge in [0.05, 0.1) is 14.2 Å². The monoisotopic (exact) mass is 345 g/mol. The van der Waals surface area contributed by atoms with Crippen LogP contribution in [0.25, 0.3) is 6.08 Å². The highest BCUT2D eigenvalue weighted by Crippen LogP contribution is 2.35. The van der Waals surface area contributed by atoms with Gasteiger partial charge in [-0.1, -0.05) is 43.0 Å². The van der Waals surface area contributed by atoms with Crippen LogP contribution >= 0.6 is 0 Å². The molecule has 0 saturated carbocycles. The zero-order valence-corrected chi connectivity index (χ0v) is 15.1. The van der Waals surface area contributed by atoms with Crippen LogP contribution < -0.4 is 15.2 Å². The van der Waals surface area contributed by atoms with Crippen molar-refractivity contribution in [2.24, 2.45) is 0 Å². The minimum atomic E-state index is 0.0751. The van der Waals surface area contributed by atoms with Crippen LogP contribution in [-0.2, 0) is 0 Å². The van der Waals surface area contributed by atoms with E-state index in [1.165, 1.54) is 11.1 Å². The van der Waals surface area contributed by atoms with Crippen LogP contribution in [0.4, 0.5) is 5.69 Å². The second-order valence-corrected chi connectivity index (χ2v) is 6.07. The van der Waals surface area contributed by atoms with E-state index in [2.05, 4.69) is 43.0 Å². The molecule has 132 valence electrons. The van der Waals surface area contributed by atoms with Gasteiger partial charge in [-0.2, -0.15) is 0 Å². The molecule has 0 radical (unpaired) electrons. The van der Waals surface area contributed by atoms with Crippen LogP contribution in [-0.4, -0.2) is 14.2 Å². The molecular weight excluding hydrogens is 322 g/mol. The molecule has 0 aliphatic rings. The Balaban J connectivity index is 2.12.